The minimum absolute atomic E-state index is 0.0468. The zero-order valence-corrected chi connectivity index (χ0v) is 33.6. The molecule has 6 nitrogen and oxygen atoms in total. The maximum atomic E-state index is 6.99. The van der Waals surface area contributed by atoms with Gasteiger partial charge in [-0.15, -0.1) is 0 Å². The topological polar surface area (TPSA) is 61.7 Å². The molecule has 11 aromatic rings. The molecule has 0 saturated heterocycles. The van der Waals surface area contributed by atoms with E-state index in [2.05, 4.69) is 167 Å². The number of furan rings is 1. The number of aromatic nitrogens is 5. The summed E-state index contributed by atoms with van der Waals surface area (Å²) in [5.74, 6) is 4.93. The van der Waals surface area contributed by atoms with Gasteiger partial charge < -0.3 is 13.6 Å². The van der Waals surface area contributed by atoms with Gasteiger partial charge in [0.25, 0.3) is 0 Å². The van der Waals surface area contributed by atoms with Crippen LogP contribution >= 0.6 is 0 Å². The molecule has 4 heterocycles. The van der Waals surface area contributed by atoms with Crippen LogP contribution in [0.1, 0.15) is 44.3 Å². The van der Waals surface area contributed by atoms with E-state index in [0.717, 1.165) is 113 Å². The van der Waals surface area contributed by atoms with E-state index in [9.17, 15) is 0 Å². The Kier molecular flexibility index (Phi) is 6.91. The molecule has 4 aliphatic rings. The summed E-state index contributed by atoms with van der Waals surface area (Å²) in [6, 6.07) is 56.3. The van der Waals surface area contributed by atoms with Gasteiger partial charge in [0.1, 0.15) is 17.0 Å². The molecular formula is C55H41N5O. The van der Waals surface area contributed by atoms with Crippen LogP contribution in [0.5, 0.6) is 0 Å². The number of nitrogens with zero attached hydrogens (tertiary/aromatic N) is 5. The summed E-state index contributed by atoms with van der Waals surface area (Å²) in [7, 11) is 0. The van der Waals surface area contributed by atoms with Gasteiger partial charge in [-0.2, -0.15) is 0 Å². The molecule has 4 saturated carbocycles. The van der Waals surface area contributed by atoms with Crippen molar-refractivity contribution in [3.63, 3.8) is 0 Å². The minimum atomic E-state index is 0.0468. The first-order valence-corrected chi connectivity index (χ1v) is 22.0. The first-order chi connectivity index (χ1) is 30.2. The SMILES string of the molecule is c1ccc(-c2nc(-c3ccc(-n4c5ccccc5c5c6oc7ccccc7c6c6c(c7ccccc7n6-c6ccccc6)c54)cc3)nc(C34CC5CC(CC(C5)C3)C4)n2)cc1. The van der Waals surface area contributed by atoms with Crippen LogP contribution in [0.4, 0.5) is 0 Å². The van der Waals surface area contributed by atoms with Gasteiger partial charge in [0.05, 0.1) is 32.8 Å². The van der Waals surface area contributed by atoms with E-state index < -0.39 is 0 Å². The van der Waals surface area contributed by atoms with E-state index in [1.807, 2.05) is 0 Å². The third-order valence-corrected chi connectivity index (χ3v) is 14.6. The fourth-order valence-electron chi connectivity index (χ4n) is 12.6. The molecular weight excluding hydrogens is 747 g/mol. The Morgan fingerprint density at radius 2 is 0.918 bits per heavy atom. The highest BCUT2D eigenvalue weighted by molar-refractivity contribution is 6.39. The maximum absolute atomic E-state index is 6.99. The number of hydrogen-bond acceptors (Lipinski definition) is 4. The number of fused-ring (bicyclic) bond motifs is 12. The Morgan fingerprint density at radius 3 is 1.54 bits per heavy atom. The fraction of sp³-hybridized carbons (Fsp3) is 0.182. The predicted octanol–water partition coefficient (Wildman–Crippen LogP) is 13.8. The first-order valence-electron chi connectivity index (χ1n) is 22.0. The highest BCUT2D eigenvalue weighted by Gasteiger charge is 2.53. The second-order valence-corrected chi connectivity index (χ2v) is 18.2. The van der Waals surface area contributed by atoms with Crippen molar-refractivity contribution in [2.45, 2.75) is 43.9 Å². The van der Waals surface area contributed by atoms with Crippen LogP contribution in [0.25, 0.3) is 99.7 Å². The molecule has 4 fully saturated rings. The average molecular weight is 788 g/mol. The third-order valence-electron chi connectivity index (χ3n) is 14.6. The molecule has 6 heteroatoms. The molecule has 61 heavy (non-hydrogen) atoms. The second-order valence-electron chi connectivity index (χ2n) is 18.2. The number of hydrogen-bond donors (Lipinski definition) is 0. The van der Waals surface area contributed by atoms with Crippen molar-refractivity contribution in [3.05, 3.63) is 164 Å². The molecule has 4 aromatic heterocycles. The predicted molar refractivity (Wildman–Crippen MR) is 247 cm³/mol. The highest BCUT2D eigenvalue weighted by Crippen LogP contribution is 2.60. The van der Waals surface area contributed by atoms with Crippen LogP contribution in [0, 0.1) is 17.8 Å². The van der Waals surface area contributed by atoms with Crippen molar-refractivity contribution in [2.75, 3.05) is 0 Å². The summed E-state index contributed by atoms with van der Waals surface area (Å²) >= 11 is 0. The Balaban J connectivity index is 1.03. The molecule has 0 unspecified atom stereocenters. The molecule has 4 aliphatic carbocycles. The van der Waals surface area contributed by atoms with Gasteiger partial charge in [-0.25, -0.2) is 15.0 Å². The van der Waals surface area contributed by atoms with Crippen LogP contribution in [-0.4, -0.2) is 24.1 Å². The molecule has 0 N–H and O–H groups in total. The van der Waals surface area contributed by atoms with Gasteiger partial charge in [-0.05, 0) is 111 Å². The summed E-state index contributed by atoms with van der Waals surface area (Å²) in [4.78, 5) is 16.0. The van der Waals surface area contributed by atoms with E-state index in [-0.39, 0.29) is 5.41 Å². The molecule has 7 aromatic carbocycles. The van der Waals surface area contributed by atoms with E-state index in [1.165, 1.54) is 49.3 Å². The lowest BCUT2D eigenvalue weighted by Gasteiger charge is -2.56. The lowest BCUT2D eigenvalue weighted by atomic mass is 9.49. The molecule has 15 rings (SSSR count). The fourth-order valence-corrected chi connectivity index (χ4v) is 12.6. The van der Waals surface area contributed by atoms with Crippen molar-refractivity contribution in [1.82, 2.24) is 24.1 Å². The molecule has 0 amide bonds. The van der Waals surface area contributed by atoms with Crippen molar-refractivity contribution in [1.29, 1.82) is 0 Å². The van der Waals surface area contributed by atoms with Crippen molar-refractivity contribution >= 4 is 65.6 Å². The molecule has 0 aliphatic heterocycles. The second kappa shape index (κ2) is 12.5. The smallest absolute Gasteiger partial charge is 0.163 e. The van der Waals surface area contributed by atoms with E-state index in [0.29, 0.717) is 0 Å². The van der Waals surface area contributed by atoms with E-state index >= 15 is 0 Å². The highest BCUT2D eigenvalue weighted by atomic mass is 16.3. The molecule has 4 bridgehead atoms. The van der Waals surface area contributed by atoms with Gasteiger partial charge >= 0.3 is 0 Å². The first kappa shape index (κ1) is 33.7. The Morgan fingerprint density at radius 1 is 0.443 bits per heavy atom. The van der Waals surface area contributed by atoms with Crippen LogP contribution in [-0.2, 0) is 5.41 Å². The summed E-state index contributed by atoms with van der Waals surface area (Å²) in [6.07, 6.45) is 7.76. The van der Waals surface area contributed by atoms with E-state index in [1.54, 1.807) is 0 Å². The maximum Gasteiger partial charge on any atom is 0.163 e. The van der Waals surface area contributed by atoms with Crippen LogP contribution in [0.3, 0.4) is 0 Å². The molecule has 0 radical (unpaired) electrons. The number of rotatable bonds is 5. The van der Waals surface area contributed by atoms with Crippen LogP contribution in [0.2, 0.25) is 0 Å². The number of benzene rings is 7. The zero-order valence-electron chi connectivity index (χ0n) is 33.6. The molecule has 0 atom stereocenters. The largest absolute Gasteiger partial charge is 0.455 e. The van der Waals surface area contributed by atoms with Gasteiger partial charge in [0.2, 0.25) is 0 Å². The summed E-state index contributed by atoms with van der Waals surface area (Å²) in [5, 5.41) is 6.95. The Hall–Kier alpha value is -7.05. The Labute approximate surface area is 352 Å². The molecule has 0 spiro atoms. The van der Waals surface area contributed by atoms with Gasteiger partial charge in [0, 0.05) is 49.5 Å². The van der Waals surface area contributed by atoms with Crippen molar-refractivity contribution in [3.8, 4) is 34.2 Å². The zero-order chi connectivity index (χ0) is 39.8. The van der Waals surface area contributed by atoms with Crippen molar-refractivity contribution in [2.24, 2.45) is 17.8 Å². The average Bonchev–Trinajstić information content (AvgIpc) is 3.97. The minimum Gasteiger partial charge on any atom is -0.455 e. The summed E-state index contributed by atoms with van der Waals surface area (Å²) in [5.41, 5.74) is 10.6. The van der Waals surface area contributed by atoms with Gasteiger partial charge in [-0.3, -0.25) is 0 Å². The Bertz CT molecular complexity index is 3520. The lowest BCUT2D eigenvalue weighted by molar-refractivity contribution is -0.00938. The van der Waals surface area contributed by atoms with Gasteiger partial charge in [-0.1, -0.05) is 103 Å². The standard InChI is InChI=1S/C55H41N5O/c1-3-13-36(14-4-1)52-56-53(58-54(57-52)55-30-33-27-34(31-55)29-35(28-33)32-55)37-23-25-39(26-24-37)60-44-21-11-8-18-41(44)47-49(60)46-40-17-7-10-20-43(40)59(38-15-5-2-6-16-38)50(46)48-42-19-9-12-22-45(42)61-51(47)48/h1-26,33-35H,27-32H2. The van der Waals surface area contributed by atoms with Crippen LogP contribution < -0.4 is 0 Å². The van der Waals surface area contributed by atoms with Gasteiger partial charge in [0.15, 0.2) is 11.6 Å². The number of para-hydroxylation sites is 4. The normalized spacial score (nSPS) is 21.0. The third kappa shape index (κ3) is 4.82. The lowest BCUT2D eigenvalue weighted by Crippen LogP contribution is -2.49. The monoisotopic (exact) mass is 787 g/mol. The summed E-state index contributed by atoms with van der Waals surface area (Å²) in [6.45, 7) is 0. The quantitative estimate of drug-likeness (QED) is 0.174. The van der Waals surface area contributed by atoms with Crippen molar-refractivity contribution < 1.29 is 4.42 Å². The molecule has 292 valence electrons. The summed E-state index contributed by atoms with van der Waals surface area (Å²) < 4.78 is 11.9. The van der Waals surface area contributed by atoms with Crippen LogP contribution in [0.15, 0.2) is 162 Å². The van der Waals surface area contributed by atoms with E-state index in [4.69, 9.17) is 19.4 Å².